The van der Waals surface area contributed by atoms with E-state index in [1.807, 2.05) is 54.2 Å². The van der Waals surface area contributed by atoms with Crippen LogP contribution in [0.4, 0.5) is 0 Å². The molecule has 2 amide bonds. The molecule has 166 valence electrons. The Hall–Kier alpha value is -3.64. The number of nitrogens with zero attached hydrogens (tertiary/aromatic N) is 2. The van der Waals surface area contributed by atoms with E-state index >= 15 is 0 Å². The van der Waals surface area contributed by atoms with E-state index in [-0.39, 0.29) is 11.8 Å². The molecule has 1 atom stereocenters. The molecule has 1 unspecified atom stereocenters. The van der Waals surface area contributed by atoms with Gasteiger partial charge >= 0.3 is 0 Å². The summed E-state index contributed by atoms with van der Waals surface area (Å²) >= 11 is 0. The summed E-state index contributed by atoms with van der Waals surface area (Å²) in [4.78, 5) is 26.4. The second kappa shape index (κ2) is 7.46. The van der Waals surface area contributed by atoms with Crippen molar-refractivity contribution in [1.29, 1.82) is 0 Å². The standard InChI is InChI=1S/C27H26N4O2/c1-30-15-19(17-6-2-3-7-20(17)30)24-25(27(33)29-26(24)32)23-18-10-9-16(11-12-28)14-22(18)31-13-5-4-8-21(23)31/h2-8,13,15-16H,9-12,14,28H2,1H3,(H,29,32,33). The summed E-state index contributed by atoms with van der Waals surface area (Å²) in [5.74, 6) is -0.0995. The first-order valence-corrected chi connectivity index (χ1v) is 11.5. The summed E-state index contributed by atoms with van der Waals surface area (Å²) in [5.41, 5.74) is 13.0. The van der Waals surface area contributed by atoms with Crippen LogP contribution < -0.4 is 11.1 Å². The van der Waals surface area contributed by atoms with Gasteiger partial charge in [0.05, 0.1) is 16.7 Å². The summed E-state index contributed by atoms with van der Waals surface area (Å²) < 4.78 is 4.22. The number of rotatable bonds is 4. The molecular weight excluding hydrogens is 412 g/mol. The molecule has 6 nitrogen and oxygen atoms in total. The lowest BCUT2D eigenvalue weighted by Crippen LogP contribution is -2.23. The number of imide groups is 1. The maximum Gasteiger partial charge on any atom is 0.259 e. The number of hydrogen-bond donors (Lipinski definition) is 2. The highest BCUT2D eigenvalue weighted by Gasteiger charge is 2.38. The molecule has 0 saturated carbocycles. The van der Waals surface area contributed by atoms with Crippen LogP contribution in [-0.4, -0.2) is 27.3 Å². The third-order valence-electron chi connectivity index (χ3n) is 7.26. The lowest BCUT2D eigenvalue weighted by Gasteiger charge is -2.23. The minimum Gasteiger partial charge on any atom is -0.350 e. The van der Waals surface area contributed by atoms with Crippen molar-refractivity contribution in [2.75, 3.05) is 6.54 Å². The summed E-state index contributed by atoms with van der Waals surface area (Å²) in [5, 5.41) is 3.56. The van der Waals surface area contributed by atoms with Gasteiger partial charge in [-0.1, -0.05) is 24.3 Å². The van der Waals surface area contributed by atoms with Crippen molar-refractivity contribution in [2.45, 2.75) is 25.7 Å². The minimum absolute atomic E-state index is 0.314. The van der Waals surface area contributed by atoms with Crippen molar-refractivity contribution in [1.82, 2.24) is 14.3 Å². The van der Waals surface area contributed by atoms with E-state index in [2.05, 4.69) is 22.0 Å². The van der Waals surface area contributed by atoms with Gasteiger partial charge < -0.3 is 14.7 Å². The number of fused-ring (bicyclic) bond motifs is 4. The molecule has 3 N–H and O–H groups in total. The fourth-order valence-corrected chi connectivity index (χ4v) is 5.79. The Bertz CT molecular complexity index is 1490. The van der Waals surface area contributed by atoms with Crippen molar-refractivity contribution >= 4 is 39.4 Å². The van der Waals surface area contributed by atoms with Gasteiger partial charge in [0.1, 0.15) is 0 Å². The number of aryl methyl sites for hydroxylation is 1. The number of benzene rings is 1. The number of carbonyl (C=O) groups is 2. The topological polar surface area (TPSA) is 81.5 Å². The van der Waals surface area contributed by atoms with Crippen LogP contribution >= 0.6 is 0 Å². The second-order valence-corrected chi connectivity index (χ2v) is 9.15. The number of carbonyl (C=O) groups excluding carboxylic acids is 2. The molecule has 0 bridgehead atoms. The van der Waals surface area contributed by atoms with Gasteiger partial charge in [-0.25, -0.2) is 0 Å². The lowest BCUT2D eigenvalue weighted by molar-refractivity contribution is -0.122. The fourth-order valence-electron chi connectivity index (χ4n) is 5.79. The lowest BCUT2D eigenvalue weighted by atomic mass is 9.82. The maximum absolute atomic E-state index is 13.3. The highest BCUT2D eigenvalue weighted by atomic mass is 16.2. The van der Waals surface area contributed by atoms with Crippen LogP contribution in [0.15, 0.2) is 54.9 Å². The van der Waals surface area contributed by atoms with Crippen LogP contribution in [0.25, 0.3) is 27.6 Å². The number of amides is 2. The molecule has 2 aliphatic rings. The van der Waals surface area contributed by atoms with Gasteiger partial charge in [-0.3, -0.25) is 14.9 Å². The van der Waals surface area contributed by atoms with E-state index < -0.39 is 0 Å². The van der Waals surface area contributed by atoms with Crippen LogP contribution in [0.2, 0.25) is 0 Å². The Morgan fingerprint density at radius 1 is 1.03 bits per heavy atom. The molecule has 4 aromatic rings. The maximum atomic E-state index is 13.3. The Morgan fingerprint density at radius 2 is 1.79 bits per heavy atom. The average molecular weight is 439 g/mol. The molecule has 0 saturated heterocycles. The van der Waals surface area contributed by atoms with Crippen LogP contribution in [0.1, 0.15) is 35.2 Å². The van der Waals surface area contributed by atoms with E-state index in [0.717, 1.165) is 53.2 Å². The molecule has 0 fully saturated rings. The molecule has 0 radical (unpaired) electrons. The van der Waals surface area contributed by atoms with Crippen LogP contribution in [-0.2, 0) is 29.5 Å². The molecule has 3 aromatic heterocycles. The van der Waals surface area contributed by atoms with Gasteiger partial charge in [0.25, 0.3) is 11.8 Å². The summed E-state index contributed by atoms with van der Waals surface area (Å²) in [6.45, 7) is 0.684. The van der Waals surface area contributed by atoms with Gasteiger partial charge in [-0.15, -0.1) is 0 Å². The van der Waals surface area contributed by atoms with E-state index in [1.54, 1.807) is 0 Å². The Balaban J connectivity index is 1.65. The first-order chi connectivity index (χ1) is 16.1. The highest BCUT2D eigenvalue weighted by molar-refractivity contribution is 6.50. The normalized spacial score (nSPS) is 18.4. The minimum atomic E-state index is -0.327. The third kappa shape index (κ3) is 2.91. The van der Waals surface area contributed by atoms with E-state index in [0.29, 0.717) is 23.6 Å². The zero-order chi connectivity index (χ0) is 22.7. The van der Waals surface area contributed by atoms with Crippen molar-refractivity contribution in [3.05, 3.63) is 77.2 Å². The smallest absolute Gasteiger partial charge is 0.259 e. The predicted octanol–water partition coefficient (Wildman–Crippen LogP) is 3.45. The van der Waals surface area contributed by atoms with Gasteiger partial charge in [0, 0.05) is 47.2 Å². The number of pyridine rings is 1. The number of nitrogens with one attached hydrogen (secondary N) is 1. The van der Waals surface area contributed by atoms with Crippen LogP contribution in [0.5, 0.6) is 0 Å². The molecule has 33 heavy (non-hydrogen) atoms. The third-order valence-corrected chi connectivity index (χ3v) is 7.26. The van der Waals surface area contributed by atoms with Crippen LogP contribution in [0, 0.1) is 5.92 Å². The van der Waals surface area contributed by atoms with Gasteiger partial charge in [0.2, 0.25) is 0 Å². The van der Waals surface area contributed by atoms with Gasteiger partial charge in [0.15, 0.2) is 0 Å². The quantitative estimate of drug-likeness (QED) is 0.479. The molecule has 6 rings (SSSR count). The zero-order valence-electron chi connectivity index (χ0n) is 18.6. The number of hydrogen-bond acceptors (Lipinski definition) is 3. The summed E-state index contributed by atoms with van der Waals surface area (Å²) in [7, 11) is 1.97. The number of para-hydroxylation sites is 1. The monoisotopic (exact) mass is 438 g/mol. The zero-order valence-corrected chi connectivity index (χ0v) is 18.6. The largest absolute Gasteiger partial charge is 0.350 e. The Kier molecular flexibility index (Phi) is 4.52. The summed E-state index contributed by atoms with van der Waals surface area (Å²) in [6.07, 6.45) is 7.88. The number of nitrogens with two attached hydrogens (primary N) is 1. The highest BCUT2D eigenvalue weighted by Crippen LogP contribution is 2.42. The first kappa shape index (κ1) is 20.0. The van der Waals surface area contributed by atoms with Crippen molar-refractivity contribution in [3.8, 4) is 0 Å². The fraction of sp³-hybridized carbons (Fsp3) is 0.259. The predicted molar refractivity (Wildman–Crippen MR) is 129 cm³/mol. The van der Waals surface area contributed by atoms with Gasteiger partial charge in [-0.2, -0.15) is 0 Å². The van der Waals surface area contributed by atoms with E-state index in [4.69, 9.17) is 5.73 Å². The molecule has 1 aliphatic heterocycles. The molecule has 1 aliphatic carbocycles. The second-order valence-electron chi connectivity index (χ2n) is 9.15. The Morgan fingerprint density at radius 3 is 2.64 bits per heavy atom. The van der Waals surface area contributed by atoms with Crippen LogP contribution in [0.3, 0.4) is 0 Å². The van der Waals surface area contributed by atoms with E-state index in [1.165, 1.54) is 11.3 Å². The number of aromatic nitrogens is 2. The van der Waals surface area contributed by atoms with Gasteiger partial charge in [-0.05, 0) is 61.9 Å². The molecule has 1 aromatic carbocycles. The molecule has 6 heteroatoms. The van der Waals surface area contributed by atoms with Crippen molar-refractivity contribution in [2.24, 2.45) is 18.7 Å². The summed E-state index contributed by atoms with van der Waals surface area (Å²) in [6, 6.07) is 14.1. The molecular formula is C27H26N4O2. The molecule has 4 heterocycles. The molecule has 0 spiro atoms. The van der Waals surface area contributed by atoms with E-state index in [9.17, 15) is 9.59 Å². The van der Waals surface area contributed by atoms with Crippen molar-refractivity contribution in [3.63, 3.8) is 0 Å². The Labute approximate surface area is 191 Å². The average Bonchev–Trinajstić information content (AvgIpc) is 3.42. The van der Waals surface area contributed by atoms with Crippen molar-refractivity contribution < 1.29 is 9.59 Å². The SMILES string of the molecule is Cn1cc(C2=C(c3c4c(n5ccccc35)CC(CCN)CC4)C(=O)NC2=O)c2ccccc21. The first-order valence-electron chi connectivity index (χ1n) is 11.5.